The first kappa shape index (κ1) is 10.1. The summed E-state index contributed by atoms with van der Waals surface area (Å²) in [7, 11) is 1.56. The highest BCUT2D eigenvalue weighted by Gasteiger charge is 2.10. The Hall–Kier alpha value is -2.44. The maximum Gasteiger partial charge on any atom is 0.270 e. The van der Waals surface area contributed by atoms with E-state index in [0.717, 1.165) is 0 Å². The molecule has 0 saturated carbocycles. The van der Waals surface area contributed by atoms with E-state index < -0.39 is 4.92 Å². The molecule has 2 N–H and O–H groups in total. The molecule has 7 nitrogen and oxygen atoms in total. The number of hydrogen-bond donors (Lipinski definition) is 2. The molecule has 0 unspecified atom stereocenters. The van der Waals surface area contributed by atoms with Crippen LogP contribution in [0.25, 0.3) is 10.9 Å². The number of nitrogens with one attached hydrogen (secondary N) is 2. The lowest BCUT2D eigenvalue weighted by molar-refractivity contribution is -0.384. The number of hydrogen-bond acceptors (Lipinski definition) is 5. The van der Waals surface area contributed by atoms with E-state index in [2.05, 4.69) is 15.5 Å². The molecule has 0 amide bonds. The summed E-state index contributed by atoms with van der Waals surface area (Å²) in [5, 5.41) is 19.9. The molecule has 0 bridgehead atoms. The Morgan fingerprint density at radius 3 is 2.88 bits per heavy atom. The molecule has 7 heteroatoms. The van der Waals surface area contributed by atoms with Crippen LogP contribution >= 0.6 is 0 Å². The number of non-ortho nitro benzene ring substituents is 1. The summed E-state index contributed by atoms with van der Waals surface area (Å²) in [5.74, 6) is 0.132. The predicted molar refractivity (Wildman–Crippen MR) is 58.6 cm³/mol. The van der Waals surface area contributed by atoms with Crippen molar-refractivity contribution in [2.24, 2.45) is 0 Å². The molecule has 0 aliphatic carbocycles. The Kier molecular flexibility index (Phi) is 2.28. The fourth-order valence-electron chi connectivity index (χ4n) is 1.40. The standard InChI is InChI=1S/C9H8N4O3/c1-10-9-8(14)6-4-5(13(15)16)2-3-7(6)11-12-9/h2-4H,1H3,(H,10,12)(H,11,14). The van der Waals surface area contributed by atoms with Crippen molar-refractivity contribution < 1.29 is 4.92 Å². The Labute approximate surface area is 89.3 Å². The molecular formula is C9H8N4O3. The normalized spacial score (nSPS) is 10.3. The zero-order valence-corrected chi connectivity index (χ0v) is 8.35. The monoisotopic (exact) mass is 220 g/mol. The molecule has 0 saturated heterocycles. The van der Waals surface area contributed by atoms with E-state index in [-0.39, 0.29) is 22.3 Å². The Morgan fingerprint density at radius 2 is 2.25 bits per heavy atom. The number of nitrogens with zero attached hydrogens (tertiary/aromatic N) is 2. The number of nitro benzene ring substituents is 1. The van der Waals surface area contributed by atoms with E-state index in [4.69, 9.17) is 0 Å². The van der Waals surface area contributed by atoms with Gasteiger partial charge in [0, 0.05) is 19.2 Å². The van der Waals surface area contributed by atoms with Crippen LogP contribution in [0.1, 0.15) is 0 Å². The Bertz CT molecular complexity index is 620. The predicted octanol–water partition coefficient (Wildman–Crippen LogP) is 0.873. The molecule has 1 aromatic carbocycles. The van der Waals surface area contributed by atoms with Crippen molar-refractivity contribution in [3.05, 3.63) is 38.5 Å². The SMILES string of the molecule is CNc1n[nH]c2ccc([N+](=O)[O-])cc2c1=O. The smallest absolute Gasteiger partial charge is 0.270 e. The van der Waals surface area contributed by atoms with Crippen molar-refractivity contribution in [2.75, 3.05) is 12.4 Å². The second kappa shape index (κ2) is 3.61. The second-order valence-corrected chi connectivity index (χ2v) is 3.14. The van der Waals surface area contributed by atoms with Crippen LogP contribution in [-0.4, -0.2) is 22.2 Å². The number of nitro groups is 1. The Balaban J connectivity index is 2.79. The molecule has 0 fully saturated rings. The van der Waals surface area contributed by atoms with Gasteiger partial charge in [0.2, 0.25) is 5.43 Å². The lowest BCUT2D eigenvalue weighted by Crippen LogP contribution is -2.12. The van der Waals surface area contributed by atoms with Gasteiger partial charge in [-0.05, 0) is 6.07 Å². The molecular weight excluding hydrogens is 212 g/mol. The third kappa shape index (κ3) is 1.48. The van der Waals surface area contributed by atoms with Gasteiger partial charge in [0.15, 0.2) is 5.82 Å². The number of H-pyrrole nitrogens is 1. The highest BCUT2D eigenvalue weighted by Crippen LogP contribution is 2.16. The molecule has 2 rings (SSSR count). The van der Waals surface area contributed by atoms with Crippen LogP contribution < -0.4 is 10.7 Å². The van der Waals surface area contributed by atoms with Crippen molar-refractivity contribution in [1.29, 1.82) is 0 Å². The first-order chi connectivity index (χ1) is 7.63. The van der Waals surface area contributed by atoms with Gasteiger partial charge in [-0.15, -0.1) is 0 Å². The fraction of sp³-hybridized carbons (Fsp3) is 0.111. The average molecular weight is 220 g/mol. The van der Waals surface area contributed by atoms with Crippen LogP contribution in [0.15, 0.2) is 23.0 Å². The summed E-state index contributed by atoms with van der Waals surface area (Å²) in [6, 6.07) is 4.01. The summed E-state index contributed by atoms with van der Waals surface area (Å²) in [6.45, 7) is 0. The third-order valence-corrected chi connectivity index (χ3v) is 2.20. The molecule has 1 heterocycles. The van der Waals surface area contributed by atoms with Gasteiger partial charge in [-0.1, -0.05) is 0 Å². The van der Waals surface area contributed by atoms with Gasteiger partial charge >= 0.3 is 0 Å². The van der Waals surface area contributed by atoms with Gasteiger partial charge in [-0.3, -0.25) is 20.0 Å². The summed E-state index contributed by atoms with van der Waals surface area (Å²) in [5.41, 5.74) is -0.0131. The zero-order chi connectivity index (χ0) is 11.7. The first-order valence-electron chi connectivity index (χ1n) is 4.48. The zero-order valence-electron chi connectivity index (χ0n) is 8.35. The third-order valence-electron chi connectivity index (χ3n) is 2.20. The number of fused-ring (bicyclic) bond motifs is 1. The summed E-state index contributed by atoms with van der Waals surface area (Å²) >= 11 is 0. The minimum atomic E-state index is -0.543. The molecule has 0 aliphatic rings. The van der Waals surface area contributed by atoms with E-state index in [1.807, 2.05) is 0 Å². The van der Waals surface area contributed by atoms with Crippen LogP contribution in [0.2, 0.25) is 0 Å². The van der Waals surface area contributed by atoms with Crippen LogP contribution in [0.4, 0.5) is 11.5 Å². The first-order valence-corrected chi connectivity index (χ1v) is 4.48. The lowest BCUT2D eigenvalue weighted by atomic mass is 10.2. The van der Waals surface area contributed by atoms with Gasteiger partial charge < -0.3 is 5.32 Å². The van der Waals surface area contributed by atoms with E-state index in [1.165, 1.54) is 18.2 Å². The number of anilines is 1. The number of rotatable bonds is 2. The largest absolute Gasteiger partial charge is 0.368 e. The number of aromatic nitrogens is 2. The van der Waals surface area contributed by atoms with E-state index >= 15 is 0 Å². The van der Waals surface area contributed by atoms with Crippen molar-refractivity contribution in [3.8, 4) is 0 Å². The minimum absolute atomic E-state index is 0.119. The molecule has 82 valence electrons. The minimum Gasteiger partial charge on any atom is -0.368 e. The van der Waals surface area contributed by atoms with E-state index in [1.54, 1.807) is 7.05 Å². The summed E-state index contributed by atoms with van der Waals surface area (Å²) in [4.78, 5) is 21.8. The summed E-state index contributed by atoms with van der Waals surface area (Å²) in [6.07, 6.45) is 0. The highest BCUT2D eigenvalue weighted by atomic mass is 16.6. The van der Waals surface area contributed by atoms with Crippen molar-refractivity contribution in [3.63, 3.8) is 0 Å². The van der Waals surface area contributed by atoms with E-state index in [0.29, 0.717) is 5.52 Å². The quantitative estimate of drug-likeness (QED) is 0.577. The van der Waals surface area contributed by atoms with Crippen molar-refractivity contribution in [1.82, 2.24) is 10.2 Å². The molecule has 16 heavy (non-hydrogen) atoms. The van der Waals surface area contributed by atoms with Crippen molar-refractivity contribution >= 4 is 22.4 Å². The lowest BCUT2D eigenvalue weighted by Gasteiger charge is -2.00. The fourth-order valence-corrected chi connectivity index (χ4v) is 1.40. The molecule has 0 spiro atoms. The molecule has 1 aromatic heterocycles. The second-order valence-electron chi connectivity index (χ2n) is 3.14. The summed E-state index contributed by atoms with van der Waals surface area (Å²) < 4.78 is 0. The number of aromatic amines is 1. The van der Waals surface area contributed by atoms with Gasteiger partial charge in [0.05, 0.1) is 15.8 Å². The van der Waals surface area contributed by atoms with Gasteiger partial charge in [-0.2, -0.15) is 5.10 Å². The molecule has 0 radical (unpaired) electrons. The highest BCUT2D eigenvalue weighted by molar-refractivity contribution is 5.82. The average Bonchev–Trinajstić information content (AvgIpc) is 2.29. The topological polar surface area (TPSA) is 101 Å². The number of benzene rings is 1. The van der Waals surface area contributed by atoms with E-state index in [9.17, 15) is 14.9 Å². The molecule has 0 atom stereocenters. The van der Waals surface area contributed by atoms with Gasteiger partial charge in [0.25, 0.3) is 5.69 Å². The van der Waals surface area contributed by atoms with Crippen LogP contribution in [0, 0.1) is 10.1 Å². The van der Waals surface area contributed by atoms with Gasteiger partial charge in [0.1, 0.15) is 0 Å². The van der Waals surface area contributed by atoms with Crippen LogP contribution in [0.3, 0.4) is 0 Å². The van der Waals surface area contributed by atoms with Gasteiger partial charge in [-0.25, -0.2) is 0 Å². The molecule has 2 aromatic rings. The van der Waals surface area contributed by atoms with Crippen LogP contribution in [0.5, 0.6) is 0 Å². The molecule has 0 aliphatic heterocycles. The maximum atomic E-state index is 11.8. The van der Waals surface area contributed by atoms with Crippen LogP contribution in [-0.2, 0) is 0 Å². The Morgan fingerprint density at radius 1 is 1.50 bits per heavy atom. The maximum absolute atomic E-state index is 11.8. The van der Waals surface area contributed by atoms with Crippen molar-refractivity contribution in [2.45, 2.75) is 0 Å².